The average molecular weight is 274 g/mol. The minimum atomic E-state index is -3.01. The molecule has 1 heterocycles. The van der Waals surface area contributed by atoms with E-state index < -0.39 is 9.84 Å². The van der Waals surface area contributed by atoms with Crippen molar-refractivity contribution in [3.63, 3.8) is 0 Å². The molecule has 0 aromatic carbocycles. The largest absolute Gasteiger partial charge is 0.244 e. The van der Waals surface area contributed by atoms with Crippen molar-refractivity contribution in [3.8, 4) is 0 Å². The Labute approximate surface area is 107 Å². The van der Waals surface area contributed by atoms with Gasteiger partial charge in [-0.1, -0.05) is 24.4 Å². The number of aromatic nitrogens is 1. The van der Waals surface area contributed by atoms with Crippen LogP contribution in [0.15, 0.2) is 12.3 Å². The summed E-state index contributed by atoms with van der Waals surface area (Å²) in [5, 5.41) is 0.404. The van der Waals surface area contributed by atoms with Gasteiger partial charge >= 0.3 is 0 Å². The van der Waals surface area contributed by atoms with Gasteiger partial charge in [0.25, 0.3) is 0 Å². The van der Waals surface area contributed by atoms with Crippen LogP contribution in [0.4, 0.5) is 0 Å². The van der Waals surface area contributed by atoms with Crippen molar-refractivity contribution in [2.24, 2.45) is 5.92 Å². The molecule has 0 unspecified atom stereocenters. The lowest BCUT2D eigenvalue weighted by Gasteiger charge is -2.07. The first-order valence-electron chi connectivity index (χ1n) is 5.78. The first kappa shape index (κ1) is 12.8. The van der Waals surface area contributed by atoms with Crippen molar-refractivity contribution in [1.29, 1.82) is 0 Å². The molecule has 1 fully saturated rings. The van der Waals surface area contributed by atoms with Crippen LogP contribution in [0.2, 0.25) is 5.15 Å². The second kappa shape index (κ2) is 4.94. The summed E-state index contributed by atoms with van der Waals surface area (Å²) in [4.78, 5) is 3.93. The quantitative estimate of drug-likeness (QED) is 0.775. The molecule has 0 atom stereocenters. The summed E-state index contributed by atoms with van der Waals surface area (Å²) in [5.74, 6) is 1.02. The van der Waals surface area contributed by atoms with E-state index >= 15 is 0 Å². The summed E-state index contributed by atoms with van der Waals surface area (Å²) in [6.07, 6.45) is 4.75. The van der Waals surface area contributed by atoms with Crippen LogP contribution >= 0.6 is 11.6 Å². The van der Waals surface area contributed by atoms with Gasteiger partial charge < -0.3 is 0 Å². The molecule has 0 bridgehead atoms. The lowest BCUT2D eigenvalue weighted by molar-refractivity contribution is 0.589. The first-order chi connectivity index (χ1) is 7.96. The van der Waals surface area contributed by atoms with Gasteiger partial charge in [0.1, 0.15) is 5.15 Å². The standard InChI is InChI=1S/C12H16ClNO2S/c1-9-6-12(13)14-7-11(9)8-17(15,16)5-4-10-2-3-10/h6-7,10H,2-5,8H2,1H3. The highest BCUT2D eigenvalue weighted by molar-refractivity contribution is 7.90. The molecular weight excluding hydrogens is 258 g/mol. The van der Waals surface area contributed by atoms with Gasteiger partial charge in [-0.15, -0.1) is 0 Å². The zero-order valence-electron chi connectivity index (χ0n) is 9.82. The molecule has 1 saturated carbocycles. The van der Waals surface area contributed by atoms with Gasteiger partial charge in [0.2, 0.25) is 0 Å². The zero-order valence-corrected chi connectivity index (χ0v) is 11.4. The second-order valence-electron chi connectivity index (χ2n) is 4.76. The second-order valence-corrected chi connectivity index (χ2v) is 7.33. The predicted molar refractivity (Wildman–Crippen MR) is 68.8 cm³/mol. The van der Waals surface area contributed by atoms with Gasteiger partial charge in [-0.3, -0.25) is 0 Å². The fraction of sp³-hybridized carbons (Fsp3) is 0.583. The molecule has 0 amide bonds. The van der Waals surface area contributed by atoms with Crippen LogP contribution in [0.3, 0.4) is 0 Å². The Morgan fingerprint density at radius 1 is 1.47 bits per heavy atom. The molecule has 0 radical (unpaired) electrons. The van der Waals surface area contributed by atoms with Crippen LogP contribution < -0.4 is 0 Å². The van der Waals surface area contributed by atoms with Crippen LogP contribution in [-0.2, 0) is 15.6 Å². The highest BCUT2D eigenvalue weighted by Gasteiger charge is 2.24. The first-order valence-corrected chi connectivity index (χ1v) is 7.98. The minimum Gasteiger partial charge on any atom is -0.244 e. The monoisotopic (exact) mass is 273 g/mol. The van der Waals surface area contributed by atoms with Crippen molar-refractivity contribution in [3.05, 3.63) is 28.5 Å². The predicted octanol–water partition coefficient (Wildman–Crippen LogP) is 2.76. The molecule has 1 aliphatic carbocycles. The summed E-state index contributed by atoms with van der Waals surface area (Å²) >= 11 is 5.74. The summed E-state index contributed by atoms with van der Waals surface area (Å²) in [6.45, 7) is 1.86. The van der Waals surface area contributed by atoms with E-state index in [0.29, 0.717) is 16.8 Å². The Morgan fingerprint density at radius 2 is 2.18 bits per heavy atom. The fourth-order valence-corrected chi connectivity index (χ4v) is 3.59. The lowest BCUT2D eigenvalue weighted by atomic mass is 10.2. The highest BCUT2D eigenvalue weighted by Crippen LogP contribution is 2.33. The Morgan fingerprint density at radius 3 is 2.76 bits per heavy atom. The van der Waals surface area contributed by atoms with Crippen molar-refractivity contribution in [2.45, 2.75) is 31.9 Å². The number of sulfone groups is 1. The maximum absolute atomic E-state index is 11.9. The van der Waals surface area contributed by atoms with E-state index in [1.54, 1.807) is 12.3 Å². The summed E-state index contributed by atoms with van der Waals surface area (Å²) in [7, 11) is -3.01. The van der Waals surface area contributed by atoms with Crippen molar-refractivity contribution in [1.82, 2.24) is 4.98 Å². The maximum atomic E-state index is 11.9. The van der Waals surface area contributed by atoms with Gasteiger partial charge in [-0.25, -0.2) is 13.4 Å². The number of hydrogen-bond donors (Lipinski definition) is 0. The molecule has 0 spiro atoms. The van der Waals surface area contributed by atoms with E-state index in [-0.39, 0.29) is 5.75 Å². The third-order valence-corrected chi connectivity index (χ3v) is 4.91. The summed E-state index contributed by atoms with van der Waals surface area (Å²) in [5.41, 5.74) is 1.64. The van der Waals surface area contributed by atoms with Gasteiger partial charge in [-0.05, 0) is 36.5 Å². The van der Waals surface area contributed by atoms with Gasteiger partial charge in [0, 0.05) is 6.20 Å². The van der Waals surface area contributed by atoms with Crippen LogP contribution in [0.5, 0.6) is 0 Å². The number of aryl methyl sites for hydroxylation is 1. The zero-order chi connectivity index (χ0) is 12.5. The third-order valence-electron chi connectivity index (χ3n) is 3.10. The van der Waals surface area contributed by atoms with Crippen molar-refractivity contribution < 1.29 is 8.42 Å². The fourth-order valence-electron chi connectivity index (χ4n) is 1.76. The molecule has 5 heteroatoms. The van der Waals surface area contributed by atoms with E-state index in [2.05, 4.69) is 4.98 Å². The number of nitrogens with zero attached hydrogens (tertiary/aromatic N) is 1. The number of pyridine rings is 1. The average Bonchev–Trinajstić information content (AvgIpc) is 3.03. The molecule has 17 heavy (non-hydrogen) atoms. The molecule has 0 N–H and O–H groups in total. The van der Waals surface area contributed by atoms with Crippen molar-refractivity contribution in [2.75, 3.05) is 5.75 Å². The number of hydrogen-bond acceptors (Lipinski definition) is 3. The molecule has 1 aromatic heterocycles. The number of rotatable bonds is 5. The van der Waals surface area contributed by atoms with E-state index in [1.807, 2.05) is 6.92 Å². The van der Waals surface area contributed by atoms with E-state index in [9.17, 15) is 8.42 Å². The van der Waals surface area contributed by atoms with Crippen LogP contribution in [0.1, 0.15) is 30.4 Å². The molecule has 1 aliphatic rings. The molecule has 2 rings (SSSR count). The topological polar surface area (TPSA) is 47.0 Å². The normalized spacial score (nSPS) is 16.1. The van der Waals surface area contributed by atoms with Crippen LogP contribution in [0, 0.1) is 12.8 Å². The Hall–Kier alpha value is -0.610. The van der Waals surface area contributed by atoms with Gasteiger partial charge in [-0.2, -0.15) is 0 Å². The van der Waals surface area contributed by atoms with Gasteiger partial charge in [0.05, 0.1) is 11.5 Å². The maximum Gasteiger partial charge on any atom is 0.154 e. The molecule has 0 aliphatic heterocycles. The van der Waals surface area contributed by atoms with Crippen LogP contribution in [-0.4, -0.2) is 19.2 Å². The molecule has 0 saturated heterocycles. The Kier molecular flexibility index (Phi) is 3.73. The summed E-state index contributed by atoms with van der Waals surface area (Å²) < 4.78 is 23.8. The highest BCUT2D eigenvalue weighted by atomic mass is 35.5. The van der Waals surface area contributed by atoms with E-state index in [0.717, 1.165) is 17.5 Å². The van der Waals surface area contributed by atoms with E-state index in [1.165, 1.54) is 12.8 Å². The molecule has 3 nitrogen and oxygen atoms in total. The third kappa shape index (κ3) is 3.96. The Bertz CT molecular complexity index is 509. The number of halogens is 1. The molecule has 94 valence electrons. The summed E-state index contributed by atoms with van der Waals surface area (Å²) in [6, 6.07) is 1.70. The van der Waals surface area contributed by atoms with Crippen LogP contribution in [0.25, 0.3) is 0 Å². The van der Waals surface area contributed by atoms with Crippen molar-refractivity contribution >= 4 is 21.4 Å². The Balaban J connectivity index is 2.02. The smallest absolute Gasteiger partial charge is 0.154 e. The lowest BCUT2D eigenvalue weighted by Crippen LogP contribution is -2.11. The van der Waals surface area contributed by atoms with Gasteiger partial charge in [0.15, 0.2) is 9.84 Å². The van der Waals surface area contributed by atoms with E-state index in [4.69, 9.17) is 11.6 Å². The SMILES string of the molecule is Cc1cc(Cl)ncc1CS(=O)(=O)CCC1CC1. The minimum absolute atomic E-state index is 0.0791. The molecule has 1 aromatic rings. The molecular formula is C12H16ClNO2S.